The fourth-order valence-electron chi connectivity index (χ4n) is 3.13. The first-order valence-electron chi connectivity index (χ1n) is 8.73. The molecule has 1 aromatic heterocycles. The third kappa shape index (κ3) is 3.71. The van der Waals surface area contributed by atoms with Crippen molar-refractivity contribution in [1.29, 1.82) is 0 Å². The topological polar surface area (TPSA) is 42.4 Å². The zero-order chi connectivity index (χ0) is 17.9. The molecular weight excluding hydrogens is 364 g/mol. The maximum absolute atomic E-state index is 12.6. The van der Waals surface area contributed by atoms with Crippen LogP contribution in [-0.2, 0) is 17.8 Å². The Kier molecular flexibility index (Phi) is 5.13. The molecular formula is C20H20N2O2S2. The van der Waals surface area contributed by atoms with Crippen LogP contribution in [-0.4, -0.2) is 34.7 Å². The number of benzene rings is 2. The van der Waals surface area contributed by atoms with Crippen molar-refractivity contribution in [3.8, 4) is 5.75 Å². The largest absolute Gasteiger partial charge is 0.494 e. The predicted octanol–water partition coefficient (Wildman–Crippen LogP) is 4.37. The van der Waals surface area contributed by atoms with Gasteiger partial charge in [0.2, 0.25) is 5.91 Å². The van der Waals surface area contributed by atoms with Crippen molar-refractivity contribution >= 4 is 39.2 Å². The summed E-state index contributed by atoms with van der Waals surface area (Å²) in [6, 6.07) is 14.3. The minimum absolute atomic E-state index is 0.179. The van der Waals surface area contributed by atoms with Crippen LogP contribution in [0.2, 0.25) is 0 Å². The van der Waals surface area contributed by atoms with Crippen LogP contribution < -0.4 is 4.74 Å². The van der Waals surface area contributed by atoms with E-state index in [2.05, 4.69) is 23.2 Å². The van der Waals surface area contributed by atoms with Crippen LogP contribution >= 0.6 is 23.1 Å². The van der Waals surface area contributed by atoms with Crippen molar-refractivity contribution in [3.63, 3.8) is 0 Å². The number of nitrogens with zero attached hydrogens (tertiary/aromatic N) is 2. The van der Waals surface area contributed by atoms with Gasteiger partial charge < -0.3 is 9.64 Å². The standard InChI is InChI=1S/C20H20N2O2S2/c1-2-24-16-7-8-17-18(11-16)26-20(21-17)25-13-19(23)22-10-9-14-5-3-4-6-15(14)12-22/h3-8,11H,2,9-10,12-13H2,1H3. The summed E-state index contributed by atoms with van der Waals surface area (Å²) < 4.78 is 7.57. The van der Waals surface area contributed by atoms with E-state index in [0.29, 0.717) is 18.9 Å². The average molecular weight is 385 g/mol. The van der Waals surface area contributed by atoms with Gasteiger partial charge in [0.25, 0.3) is 0 Å². The molecule has 0 spiro atoms. The number of amides is 1. The highest BCUT2D eigenvalue weighted by molar-refractivity contribution is 8.01. The lowest BCUT2D eigenvalue weighted by Crippen LogP contribution is -2.37. The maximum Gasteiger partial charge on any atom is 0.233 e. The highest BCUT2D eigenvalue weighted by Gasteiger charge is 2.20. The van der Waals surface area contributed by atoms with Crippen LogP contribution in [0.4, 0.5) is 0 Å². The summed E-state index contributed by atoms with van der Waals surface area (Å²) in [5, 5.41) is 0. The van der Waals surface area contributed by atoms with Crippen LogP contribution in [0, 0.1) is 0 Å². The summed E-state index contributed by atoms with van der Waals surface area (Å²) in [5.41, 5.74) is 3.58. The smallest absolute Gasteiger partial charge is 0.233 e. The number of hydrogen-bond acceptors (Lipinski definition) is 5. The molecule has 4 rings (SSSR count). The molecule has 2 heterocycles. The lowest BCUT2D eigenvalue weighted by atomic mass is 10.00. The Morgan fingerprint density at radius 2 is 2.12 bits per heavy atom. The van der Waals surface area contributed by atoms with Gasteiger partial charge in [0.05, 0.1) is 22.6 Å². The number of hydrogen-bond donors (Lipinski definition) is 0. The number of rotatable bonds is 5. The zero-order valence-corrected chi connectivity index (χ0v) is 16.2. The van der Waals surface area contributed by atoms with Gasteiger partial charge in [-0.15, -0.1) is 11.3 Å². The highest BCUT2D eigenvalue weighted by atomic mass is 32.2. The Balaban J connectivity index is 1.39. The molecule has 26 heavy (non-hydrogen) atoms. The van der Waals surface area contributed by atoms with E-state index in [0.717, 1.165) is 33.3 Å². The van der Waals surface area contributed by atoms with Crippen molar-refractivity contribution in [2.75, 3.05) is 18.9 Å². The second-order valence-corrected chi connectivity index (χ2v) is 8.42. The highest BCUT2D eigenvalue weighted by Crippen LogP contribution is 2.32. The number of carbonyl (C=O) groups is 1. The van der Waals surface area contributed by atoms with E-state index < -0.39 is 0 Å². The number of thioether (sulfide) groups is 1. The molecule has 0 atom stereocenters. The lowest BCUT2D eigenvalue weighted by Gasteiger charge is -2.28. The Hall–Kier alpha value is -2.05. The Labute approximate surface area is 161 Å². The van der Waals surface area contributed by atoms with E-state index in [1.54, 1.807) is 11.3 Å². The van der Waals surface area contributed by atoms with E-state index in [9.17, 15) is 4.79 Å². The molecule has 1 aliphatic heterocycles. The van der Waals surface area contributed by atoms with Crippen molar-refractivity contribution in [1.82, 2.24) is 9.88 Å². The molecule has 0 bridgehead atoms. The molecule has 3 aromatic rings. The van der Waals surface area contributed by atoms with Crippen molar-refractivity contribution in [2.24, 2.45) is 0 Å². The lowest BCUT2D eigenvalue weighted by molar-refractivity contribution is -0.129. The van der Waals surface area contributed by atoms with Gasteiger partial charge in [-0.25, -0.2) is 4.98 Å². The van der Waals surface area contributed by atoms with E-state index in [-0.39, 0.29) is 5.91 Å². The van der Waals surface area contributed by atoms with Crippen LogP contribution in [0.25, 0.3) is 10.2 Å². The predicted molar refractivity (Wildman–Crippen MR) is 107 cm³/mol. The van der Waals surface area contributed by atoms with Crippen molar-refractivity contribution in [2.45, 2.75) is 24.2 Å². The van der Waals surface area contributed by atoms with E-state index in [1.165, 1.54) is 22.9 Å². The molecule has 0 fully saturated rings. The van der Waals surface area contributed by atoms with Gasteiger partial charge in [0.15, 0.2) is 4.34 Å². The van der Waals surface area contributed by atoms with E-state index in [1.807, 2.05) is 36.1 Å². The normalized spacial score (nSPS) is 13.7. The maximum atomic E-state index is 12.6. The third-order valence-electron chi connectivity index (χ3n) is 4.45. The van der Waals surface area contributed by atoms with E-state index >= 15 is 0 Å². The van der Waals surface area contributed by atoms with Gasteiger partial charge in [-0.3, -0.25) is 4.79 Å². The van der Waals surface area contributed by atoms with Crippen LogP contribution in [0.3, 0.4) is 0 Å². The summed E-state index contributed by atoms with van der Waals surface area (Å²) in [7, 11) is 0. The van der Waals surface area contributed by atoms with Gasteiger partial charge in [0.1, 0.15) is 5.75 Å². The molecule has 1 amide bonds. The van der Waals surface area contributed by atoms with Crippen molar-refractivity contribution in [3.05, 3.63) is 53.6 Å². The minimum atomic E-state index is 0.179. The van der Waals surface area contributed by atoms with Crippen LogP contribution in [0.15, 0.2) is 46.8 Å². The number of fused-ring (bicyclic) bond motifs is 2. The van der Waals surface area contributed by atoms with Gasteiger partial charge in [0, 0.05) is 13.1 Å². The molecule has 0 saturated carbocycles. The summed E-state index contributed by atoms with van der Waals surface area (Å²) in [6.45, 7) is 4.14. The zero-order valence-electron chi connectivity index (χ0n) is 14.6. The Bertz CT molecular complexity index is 938. The van der Waals surface area contributed by atoms with Gasteiger partial charge in [-0.05, 0) is 42.7 Å². The Morgan fingerprint density at radius 3 is 2.96 bits per heavy atom. The Morgan fingerprint density at radius 1 is 1.27 bits per heavy atom. The number of thiazole rings is 1. The first-order chi connectivity index (χ1) is 12.7. The second kappa shape index (κ2) is 7.68. The fraction of sp³-hybridized carbons (Fsp3) is 0.300. The monoisotopic (exact) mass is 384 g/mol. The number of aromatic nitrogens is 1. The molecule has 6 heteroatoms. The summed E-state index contributed by atoms with van der Waals surface area (Å²) in [5.74, 6) is 1.47. The minimum Gasteiger partial charge on any atom is -0.494 e. The van der Waals surface area contributed by atoms with Gasteiger partial charge in [-0.1, -0.05) is 36.0 Å². The molecule has 0 radical (unpaired) electrons. The number of carbonyl (C=O) groups excluding carboxylic acids is 1. The average Bonchev–Trinajstić information content (AvgIpc) is 3.08. The summed E-state index contributed by atoms with van der Waals surface area (Å²) in [6.07, 6.45) is 0.938. The molecule has 4 nitrogen and oxygen atoms in total. The summed E-state index contributed by atoms with van der Waals surface area (Å²) in [4.78, 5) is 19.2. The molecule has 0 unspecified atom stereocenters. The fourth-order valence-corrected chi connectivity index (χ4v) is 5.13. The first-order valence-corrected chi connectivity index (χ1v) is 10.5. The number of ether oxygens (including phenoxy) is 1. The van der Waals surface area contributed by atoms with Crippen LogP contribution in [0.5, 0.6) is 5.75 Å². The van der Waals surface area contributed by atoms with Gasteiger partial charge >= 0.3 is 0 Å². The quantitative estimate of drug-likeness (QED) is 0.613. The van der Waals surface area contributed by atoms with Gasteiger partial charge in [-0.2, -0.15) is 0 Å². The molecule has 134 valence electrons. The molecule has 0 saturated heterocycles. The molecule has 0 N–H and O–H groups in total. The van der Waals surface area contributed by atoms with Crippen LogP contribution in [0.1, 0.15) is 18.1 Å². The summed E-state index contributed by atoms with van der Waals surface area (Å²) >= 11 is 3.14. The van der Waals surface area contributed by atoms with E-state index in [4.69, 9.17) is 4.74 Å². The molecule has 1 aliphatic rings. The second-order valence-electron chi connectivity index (χ2n) is 6.16. The SMILES string of the molecule is CCOc1ccc2nc(SCC(=O)N3CCc4ccccc4C3)sc2c1. The molecule has 0 aliphatic carbocycles. The first kappa shape index (κ1) is 17.4. The molecule has 2 aromatic carbocycles. The van der Waals surface area contributed by atoms with Crippen molar-refractivity contribution < 1.29 is 9.53 Å². The third-order valence-corrected chi connectivity index (χ3v) is 6.60.